The summed E-state index contributed by atoms with van der Waals surface area (Å²) < 4.78 is 1.11. The van der Waals surface area contributed by atoms with Gasteiger partial charge in [0.05, 0.1) is 5.60 Å². The zero-order chi connectivity index (χ0) is 10.2. The van der Waals surface area contributed by atoms with Crippen molar-refractivity contribution >= 4 is 27.3 Å². The molecule has 1 aromatic heterocycles. The van der Waals surface area contributed by atoms with Crippen molar-refractivity contribution in [2.45, 2.75) is 37.3 Å². The number of halogens is 1. The lowest BCUT2D eigenvalue weighted by atomic mass is 9.97. The molecule has 1 saturated carbocycles. The summed E-state index contributed by atoms with van der Waals surface area (Å²) >= 11 is 5.17. The van der Waals surface area contributed by atoms with E-state index in [-0.39, 0.29) is 6.04 Å². The number of hydrogen-bond donors (Lipinski definition) is 2. The van der Waals surface area contributed by atoms with Crippen LogP contribution in [0.1, 0.15) is 24.1 Å². The molecule has 0 aliphatic heterocycles. The predicted octanol–water partition coefficient (Wildman–Crippen LogP) is 2.30. The van der Waals surface area contributed by atoms with E-state index >= 15 is 0 Å². The topological polar surface area (TPSA) is 46.2 Å². The maximum Gasteiger partial charge on any atom is 0.0711 e. The fourth-order valence-corrected chi connectivity index (χ4v) is 3.69. The molecule has 1 aromatic rings. The molecule has 1 heterocycles. The van der Waals surface area contributed by atoms with Crippen LogP contribution in [0, 0.1) is 0 Å². The van der Waals surface area contributed by atoms with Crippen molar-refractivity contribution < 1.29 is 5.11 Å². The Balaban J connectivity index is 2.07. The number of hydrogen-bond acceptors (Lipinski definition) is 3. The Morgan fingerprint density at radius 1 is 1.71 bits per heavy atom. The van der Waals surface area contributed by atoms with E-state index in [1.54, 1.807) is 11.3 Å². The smallest absolute Gasteiger partial charge is 0.0711 e. The lowest BCUT2D eigenvalue weighted by molar-refractivity contribution is 0.0475. The highest BCUT2D eigenvalue weighted by molar-refractivity contribution is 9.10. The molecule has 2 atom stereocenters. The molecule has 0 saturated heterocycles. The van der Waals surface area contributed by atoms with Gasteiger partial charge < -0.3 is 10.8 Å². The Morgan fingerprint density at radius 2 is 2.50 bits per heavy atom. The van der Waals surface area contributed by atoms with Gasteiger partial charge in [0.2, 0.25) is 0 Å². The largest absolute Gasteiger partial charge is 0.389 e. The van der Waals surface area contributed by atoms with Crippen molar-refractivity contribution in [2.24, 2.45) is 5.73 Å². The van der Waals surface area contributed by atoms with Gasteiger partial charge in [-0.2, -0.15) is 0 Å². The van der Waals surface area contributed by atoms with Crippen molar-refractivity contribution in [2.75, 3.05) is 0 Å². The summed E-state index contributed by atoms with van der Waals surface area (Å²) in [5.41, 5.74) is 5.25. The molecule has 1 aliphatic rings. The van der Waals surface area contributed by atoms with Crippen LogP contribution in [0.3, 0.4) is 0 Å². The van der Waals surface area contributed by atoms with Gasteiger partial charge in [0.1, 0.15) is 0 Å². The van der Waals surface area contributed by atoms with Gasteiger partial charge in [-0.1, -0.05) is 0 Å². The normalized spacial score (nSPS) is 32.4. The van der Waals surface area contributed by atoms with Crippen molar-refractivity contribution in [1.29, 1.82) is 0 Å². The molecule has 14 heavy (non-hydrogen) atoms. The van der Waals surface area contributed by atoms with E-state index in [0.717, 1.165) is 30.2 Å². The number of thiophene rings is 1. The second-order valence-electron chi connectivity index (χ2n) is 4.10. The minimum Gasteiger partial charge on any atom is -0.389 e. The van der Waals surface area contributed by atoms with Gasteiger partial charge in [0, 0.05) is 21.8 Å². The predicted molar refractivity (Wildman–Crippen MR) is 62.5 cm³/mol. The molecular formula is C10H14BrNOS. The molecule has 4 heteroatoms. The summed E-state index contributed by atoms with van der Waals surface area (Å²) in [6.07, 6.45) is 3.24. The van der Waals surface area contributed by atoms with Crippen LogP contribution in [0.2, 0.25) is 0 Å². The van der Waals surface area contributed by atoms with Crippen LogP contribution < -0.4 is 5.73 Å². The number of aliphatic hydroxyl groups is 1. The zero-order valence-electron chi connectivity index (χ0n) is 7.87. The lowest BCUT2D eigenvalue weighted by Gasteiger charge is -2.21. The molecule has 2 nitrogen and oxygen atoms in total. The second kappa shape index (κ2) is 3.93. The lowest BCUT2D eigenvalue weighted by Crippen LogP contribution is -2.30. The van der Waals surface area contributed by atoms with Gasteiger partial charge in [-0.15, -0.1) is 11.3 Å². The summed E-state index contributed by atoms with van der Waals surface area (Å²) in [4.78, 5) is 1.22. The van der Waals surface area contributed by atoms with Crippen LogP contribution in [0.15, 0.2) is 15.9 Å². The highest BCUT2D eigenvalue weighted by Gasteiger charge is 2.36. The average molecular weight is 276 g/mol. The standard InChI is InChI=1S/C10H14BrNOS/c11-8-2-4-14-9(8)6-10(13)3-1-7(12)5-10/h2,4,7,13H,1,3,5-6,12H2. The average Bonchev–Trinajstić information content (AvgIpc) is 2.62. The van der Waals surface area contributed by atoms with E-state index in [4.69, 9.17) is 5.73 Å². The van der Waals surface area contributed by atoms with Crippen LogP contribution in [-0.4, -0.2) is 16.7 Å². The van der Waals surface area contributed by atoms with E-state index in [9.17, 15) is 5.11 Å². The molecule has 0 radical (unpaired) electrons. The molecule has 0 amide bonds. The third-order valence-corrected chi connectivity index (χ3v) is 4.73. The minimum absolute atomic E-state index is 0.179. The SMILES string of the molecule is NC1CCC(O)(Cc2sccc2Br)C1. The third-order valence-electron chi connectivity index (χ3n) is 2.80. The van der Waals surface area contributed by atoms with Crippen molar-refractivity contribution in [3.8, 4) is 0 Å². The highest BCUT2D eigenvalue weighted by Crippen LogP contribution is 2.35. The fraction of sp³-hybridized carbons (Fsp3) is 0.600. The maximum atomic E-state index is 10.3. The van der Waals surface area contributed by atoms with Gasteiger partial charge >= 0.3 is 0 Å². The third kappa shape index (κ3) is 2.19. The molecule has 3 N–H and O–H groups in total. The summed E-state index contributed by atoms with van der Waals surface area (Å²) in [5, 5.41) is 12.3. The van der Waals surface area contributed by atoms with Crippen LogP contribution in [0.25, 0.3) is 0 Å². The summed E-state index contributed by atoms with van der Waals surface area (Å²) in [6.45, 7) is 0. The molecule has 2 unspecified atom stereocenters. The first kappa shape index (κ1) is 10.6. The molecule has 0 spiro atoms. The van der Waals surface area contributed by atoms with Crippen LogP contribution in [0.5, 0.6) is 0 Å². The van der Waals surface area contributed by atoms with E-state index in [0.29, 0.717) is 0 Å². The van der Waals surface area contributed by atoms with Crippen molar-refractivity contribution in [3.63, 3.8) is 0 Å². The fourth-order valence-electron chi connectivity index (χ4n) is 2.06. The first-order valence-corrected chi connectivity index (χ1v) is 6.46. The Morgan fingerprint density at radius 3 is 3.00 bits per heavy atom. The Bertz CT molecular complexity index is 328. The summed E-state index contributed by atoms with van der Waals surface area (Å²) in [5.74, 6) is 0. The summed E-state index contributed by atoms with van der Waals surface area (Å²) in [6, 6.07) is 2.21. The van der Waals surface area contributed by atoms with Crippen molar-refractivity contribution in [1.82, 2.24) is 0 Å². The van der Waals surface area contributed by atoms with Crippen LogP contribution in [-0.2, 0) is 6.42 Å². The minimum atomic E-state index is -0.563. The molecule has 1 fully saturated rings. The Labute approximate surface area is 96.3 Å². The van der Waals surface area contributed by atoms with E-state index < -0.39 is 5.60 Å². The number of nitrogens with two attached hydrogens (primary N) is 1. The molecule has 1 aliphatic carbocycles. The highest BCUT2D eigenvalue weighted by atomic mass is 79.9. The van der Waals surface area contributed by atoms with E-state index in [2.05, 4.69) is 15.9 Å². The Kier molecular flexibility index (Phi) is 2.98. The monoisotopic (exact) mass is 275 g/mol. The molecule has 78 valence electrons. The van der Waals surface area contributed by atoms with Crippen LogP contribution in [0.4, 0.5) is 0 Å². The first-order valence-electron chi connectivity index (χ1n) is 4.79. The van der Waals surface area contributed by atoms with Gasteiger partial charge in [-0.05, 0) is 46.6 Å². The second-order valence-corrected chi connectivity index (χ2v) is 5.95. The summed E-state index contributed by atoms with van der Waals surface area (Å²) in [7, 11) is 0. The maximum absolute atomic E-state index is 10.3. The van der Waals surface area contributed by atoms with Gasteiger partial charge in [0.15, 0.2) is 0 Å². The van der Waals surface area contributed by atoms with Crippen LogP contribution >= 0.6 is 27.3 Å². The van der Waals surface area contributed by atoms with E-state index in [1.165, 1.54) is 4.88 Å². The molecule has 0 bridgehead atoms. The zero-order valence-corrected chi connectivity index (χ0v) is 10.3. The molecular weight excluding hydrogens is 262 g/mol. The van der Waals surface area contributed by atoms with Crippen molar-refractivity contribution in [3.05, 3.63) is 20.8 Å². The van der Waals surface area contributed by atoms with Gasteiger partial charge in [-0.3, -0.25) is 0 Å². The Hall–Kier alpha value is 0.100. The first-order chi connectivity index (χ1) is 6.59. The van der Waals surface area contributed by atoms with Gasteiger partial charge in [-0.25, -0.2) is 0 Å². The van der Waals surface area contributed by atoms with E-state index in [1.807, 2.05) is 11.4 Å². The quantitative estimate of drug-likeness (QED) is 0.870. The molecule has 0 aromatic carbocycles. The number of rotatable bonds is 2. The molecule has 2 rings (SSSR count). The van der Waals surface area contributed by atoms with Gasteiger partial charge in [0.25, 0.3) is 0 Å².